The number of carbonyl (C=O) groups excluding carboxylic acids is 1. The normalized spacial score (nSPS) is 11.9. The van der Waals surface area contributed by atoms with E-state index in [1.807, 2.05) is 12.1 Å². The smallest absolute Gasteiger partial charge is 0.216 e. The van der Waals surface area contributed by atoms with Gasteiger partial charge in [0.15, 0.2) is 0 Å². The molecule has 43 heavy (non-hydrogen) atoms. The van der Waals surface area contributed by atoms with Gasteiger partial charge in [0.05, 0.1) is 7.11 Å². The van der Waals surface area contributed by atoms with Crippen molar-refractivity contribution in [2.45, 2.75) is 39.2 Å². The number of benzene rings is 3. The van der Waals surface area contributed by atoms with Crippen molar-refractivity contribution in [3.05, 3.63) is 82.9 Å². The number of carbonyl (C=O) groups is 1. The quantitative estimate of drug-likeness (QED) is 0.275. The molecule has 3 aromatic carbocycles. The Morgan fingerprint density at radius 1 is 0.953 bits per heavy atom. The maximum atomic E-state index is 11.2. The molecule has 1 saturated heterocycles. The number of nitrogens with zero attached hydrogens (tertiary/aromatic N) is 1. The van der Waals surface area contributed by atoms with Crippen LogP contribution in [-0.4, -0.2) is 64.6 Å². The lowest BCUT2D eigenvalue weighted by molar-refractivity contribution is -0.118. The molecule has 0 aliphatic carbocycles. The molecule has 1 aliphatic rings. The molecule has 5 rings (SSSR count). The van der Waals surface area contributed by atoms with E-state index in [-0.39, 0.29) is 33.6 Å². The zero-order chi connectivity index (χ0) is 27.8. The Balaban J connectivity index is 0.00000288. The van der Waals surface area contributed by atoms with Crippen LogP contribution in [0.4, 0.5) is 0 Å². The zero-order valence-corrected chi connectivity index (χ0v) is 25.5. The van der Waals surface area contributed by atoms with Crippen LogP contribution in [0.5, 0.6) is 11.5 Å². The van der Waals surface area contributed by atoms with Gasteiger partial charge in [-0.2, -0.15) is 0 Å². The second-order valence-electron chi connectivity index (χ2n) is 9.83. The fourth-order valence-corrected chi connectivity index (χ4v) is 6.43. The van der Waals surface area contributed by atoms with Gasteiger partial charge in [-0.3, -0.25) is 9.69 Å². The summed E-state index contributed by atoms with van der Waals surface area (Å²) in [5, 5.41) is 14.2. The molecule has 1 fully saturated rings. The molecular formula is C33H44N2O7S. The van der Waals surface area contributed by atoms with Crippen molar-refractivity contribution < 1.29 is 36.5 Å². The van der Waals surface area contributed by atoms with Crippen LogP contribution in [-0.2, 0) is 24.2 Å². The van der Waals surface area contributed by atoms with E-state index in [9.17, 15) is 9.90 Å². The molecular weight excluding hydrogens is 568 g/mol. The van der Waals surface area contributed by atoms with Crippen LogP contribution in [0.2, 0.25) is 0 Å². The minimum Gasteiger partial charge on any atom is -0.508 e. The van der Waals surface area contributed by atoms with Gasteiger partial charge < -0.3 is 37.1 Å². The number of thiophene rings is 1. The molecule has 0 radical (unpaired) electrons. The lowest BCUT2D eigenvalue weighted by Gasteiger charge is -2.18. The van der Waals surface area contributed by atoms with Gasteiger partial charge in [-0.25, -0.2) is 0 Å². The lowest BCUT2D eigenvalue weighted by atomic mass is 9.97. The molecule has 9 nitrogen and oxygen atoms in total. The number of fused-ring (bicyclic) bond motifs is 1. The Hall–Kier alpha value is -3.95. The number of hydrogen-bond acceptors (Lipinski definition) is 5. The lowest BCUT2D eigenvalue weighted by Crippen LogP contribution is -2.22. The summed E-state index contributed by atoms with van der Waals surface area (Å²) in [5.41, 5.74) is 6.07. The molecule has 10 N–H and O–H groups in total. The predicted octanol–water partition coefficient (Wildman–Crippen LogP) is 3.10. The monoisotopic (exact) mass is 612 g/mol. The van der Waals surface area contributed by atoms with Crippen molar-refractivity contribution in [3.8, 4) is 34.8 Å². The Labute approximate surface area is 257 Å². The molecule has 10 heteroatoms. The third-order valence-electron chi connectivity index (χ3n) is 7.11. The summed E-state index contributed by atoms with van der Waals surface area (Å²) in [7, 11) is 1.76. The second-order valence-corrected chi connectivity index (χ2v) is 10.9. The number of terminal acetylenes is 1. The highest BCUT2D eigenvalue weighted by atomic mass is 32.1. The van der Waals surface area contributed by atoms with E-state index in [4.69, 9.17) is 4.74 Å². The summed E-state index contributed by atoms with van der Waals surface area (Å²) >= 11 is 1.72. The van der Waals surface area contributed by atoms with Gasteiger partial charge in [0.1, 0.15) is 11.5 Å². The number of rotatable bonds is 9. The predicted molar refractivity (Wildman–Crippen MR) is 176 cm³/mol. The standard InChI is InChI=1S/C31H34N2O3S.C2H2.4H2O/c1-21(34)32-14-13-22-5-8-24(9-6-22)31-28(27-12-11-26(35)19-30(27)37-31)17-23-7-10-25(29(18-23)36-2)20-33-15-3-4-16-33;1-2;;;;/h5-12,18-19,35H,3-4,13-17,20H2,1-2H3,(H,32,34);1-2H;4*1H2. The largest absolute Gasteiger partial charge is 0.508 e. The molecule has 2 heterocycles. The molecule has 0 unspecified atom stereocenters. The first-order chi connectivity index (χ1) is 19.0. The van der Waals surface area contributed by atoms with Crippen molar-refractivity contribution in [1.29, 1.82) is 0 Å². The molecule has 1 aliphatic heterocycles. The maximum Gasteiger partial charge on any atom is 0.216 e. The number of likely N-dealkylation sites (tertiary alicyclic amines) is 1. The van der Waals surface area contributed by atoms with Gasteiger partial charge in [-0.15, -0.1) is 24.2 Å². The van der Waals surface area contributed by atoms with E-state index in [1.54, 1.807) is 31.4 Å². The summed E-state index contributed by atoms with van der Waals surface area (Å²) in [6, 6.07) is 20.9. The highest BCUT2D eigenvalue weighted by molar-refractivity contribution is 7.22. The second kappa shape index (κ2) is 18.6. The number of ether oxygens (including phenoxy) is 1. The van der Waals surface area contributed by atoms with Gasteiger partial charge in [0.25, 0.3) is 0 Å². The van der Waals surface area contributed by atoms with Crippen molar-refractivity contribution in [1.82, 2.24) is 10.2 Å². The Kier molecular flexibility index (Phi) is 16.9. The molecule has 0 saturated carbocycles. The first-order valence-corrected chi connectivity index (χ1v) is 14.1. The van der Waals surface area contributed by atoms with E-state index >= 15 is 0 Å². The molecule has 234 valence electrons. The molecule has 1 aromatic heterocycles. The summed E-state index contributed by atoms with van der Waals surface area (Å²) in [6.45, 7) is 5.43. The third-order valence-corrected chi connectivity index (χ3v) is 8.35. The Morgan fingerprint density at radius 3 is 2.23 bits per heavy atom. The number of phenols is 1. The van der Waals surface area contributed by atoms with Gasteiger partial charge in [0, 0.05) is 35.2 Å². The SMILES string of the molecule is C#C.COc1cc(Cc2c(-c3ccc(CCNC(C)=O)cc3)sc3cc(O)ccc23)ccc1CN1CCCC1.O.O.O.O. The fourth-order valence-electron chi connectivity index (χ4n) is 5.17. The van der Waals surface area contributed by atoms with Crippen LogP contribution in [0.25, 0.3) is 20.5 Å². The van der Waals surface area contributed by atoms with E-state index in [0.717, 1.165) is 48.5 Å². The summed E-state index contributed by atoms with van der Waals surface area (Å²) in [5.74, 6) is 1.23. The third kappa shape index (κ3) is 9.80. The van der Waals surface area contributed by atoms with Crippen LogP contribution in [0.1, 0.15) is 42.0 Å². The Bertz CT molecular complexity index is 1450. The van der Waals surface area contributed by atoms with Gasteiger partial charge in [-0.1, -0.05) is 36.4 Å². The topological polar surface area (TPSA) is 188 Å². The molecule has 0 spiro atoms. The molecule has 4 aromatic rings. The van der Waals surface area contributed by atoms with Crippen LogP contribution >= 0.6 is 11.3 Å². The van der Waals surface area contributed by atoms with Crippen molar-refractivity contribution >= 4 is 27.3 Å². The fraction of sp³-hybridized carbons (Fsp3) is 0.303. The highest BCUT2D eigenvalue weighted by Gasteiger charge is 2.18. The van der Waals surface area contributed by atoms with Crippen LogP contribution in [0.15, 0.2) is 60.7 Å². The molecule has 1 amide bonds. The molecule has 0 atom stereocenters. The minimum absolute atomic E-state index is 0. The summed E-state index contributed by atoms with van der Waals surface area (Å²) < 4.78 is 6.89. The van der Waals surface area contributed by atoms with E-state index in [2.05, 4.69) is 65.5 Å². The number of phenolic OH excluding ortho intramolecular Hbond substituents is 1. The van der Waals surface area contributed by atoms with Crippen molar-refractivity contribution in [2.24, 2.45) is 0 Å². The summed E-state index contributed by atoms with van der Waals surface area (Å²) in [4.78, 5) is 14.9. The number of aromatic hydroxyl groups is 1. The first kappa shape index (κ1) is 39.1. The van der Waals surface area contributed by atoms with Crippen molar-refractivity contribution in [2.75, 3.05) is 26.7 Å². The van der Waals surface area contributed by atoms with Gasteiger partial charge in [-0.05, 0) is 90.7 Å². The zero-order valence-electron chi connectivity index (χ0n) is 24.7. The van der Waals surface area contributed by atoms with Crippen LogP contribution < -0.4 is 10.1 Å². The maximum absolute atomic E-state index is 11.2. The van der Waals surface area contributed by atoms with Crippen LogP contribution in [0.3, 0.4) is 0 Å². The minimum atomic E-state index is -0.00417. The van der Waals surface area contributed by atoms with Gasteiger partial charge >= 0.3 is 0 Å². The average molecular weight is 613 g/mol. The average Bonchev–Trinajstić information content (AvgIpc) is 3.58. The van der Waals surface area contributed by atoms with E-state index in [1.165, 1.54) is 45.4 Å². The van der Waals surface area contributed by atoms with E-state index in [0.29, 0.717) is 6.54 Å². The van der Waals surface area contributed by atoms with Crippen LogP contribution in [0, 0.1) is 12.8 Å². The highest BCUT2D eigenvalue weighted by Crippen LogP contribution is 2.41. The van der Waals surface area contributed by atoms with Crippen molar-refractivity contribution in [3.63, 3.8) is 0 Å². The van der Waals surface area contributed by atoms with E-state index < -0.39 is 0 Å². The number of amides is 1. The number of hydrogen-bond donors (Lipinski definition) is 2. The first-order valence-electron chi connectivity index (χ1n) is 13.3. The number of nitrogens with one attached hydrogen (secondary N) is 1. The van der Waals surface area contributed by atoms with Gasteiger partial charge in [0.2, 0.25) is 5.91 Å². The number of methoxy groups -OCH3 is 1. The molecule has 0 bridgehead atoms. The Morgan fingerprint density at radius 2 is 1.60 bits per heavy atom. The summed E-state index contributed by atoms with van der Waals surface area (Å²) in [6.07, 6.45) is 12.1.